The second-order valence-electron chi connectivity index (χ2n) is 11.2. The van der Waals surface area contributed by atoms with Gasteiger partial charge in [-0.05, 0) is 68.0 Å². The largest absolute Gasteiger partial charge is 0.493 e. The number of carbonyl (C=O) groups excluding carboxylic acids is 4. The highest BCUT2D eigenvalue weighted by molar-refractivity contribution is 5.99. The average Bonchev–Trinajstić information content (AvgIpc) is 3.08. The summed E-state index contributed by atoms with van der Waals surface area (Å²) < 4.78 is 16.9. The van der Waals surface area contributed by atoms with Gasteiger partial charge in [0.05, 0.1) is 25.9 Å². The third-order valence-corrected chi connectivity index (χ3v) is 7.70. The van der Waals surface area contributed by atoms with Crippen molar-refractivity contribution in [3.05, 3.63) is 89.5 Å². The molecule has 250 valence electrons. The van der Waals surface area contributed by atoms with E-state index in [0.29, 0.717) is 62.6 Å². The molecule has 3 aromatic rings. The molecule has 0 aliphatic carbocycles. The van der Waals surface area contributed by atoms with Gasteiger partial charge < -0.3 is 35.5 Å². The number of aryl methyl sites for hydroxylation is 1. The van der Waals surface area contributed by atoms with E-state index in [-0.39, 0.29) is 30.9 Å². The summed E-state index contributed by atoms with van der Waals surface area (Å²) in [6.45, 7) is 3.38. The molecule has 0 radical (unpaired) electrons. The summed E-state index contributed by atoms with van der Waals surface area (Å²) in [5.41, 5.74) is 2.20. The molecule has 4 N–H and O–H groups in total. The van der Waals surface area contributed by atoms with Crippen LogP contribution in [0.15, 0.2) is 72.8 Å². The van der Waals surface area contributed by atoms with E-state index in [9.17, 15) is 19.2 Å². The van der Waals surface area contributed by atoms with Crippen LogP contribution in [-0.2, 0) is 27.2 Å². The lowest BCUT2D eigenvalue weighted by molar-refractivity contribution is -0.129. The molecule has 0 aromatic heterocycles. The first-order valence-electron chi connectivity index (χ1n) is 16.1. The van der Waals surface area contributed by atoms with Crippen LogP contribution in [0.25, 0.3) is 0 Å². The maximum absolute atomic E-state index is 13.4. The van der Waals surface area contributed by atoms with Gasteiger partial charge in [-0.25, -0.2) is 0 Å². The van der Waals surface area contributed by atoms with E-state index in [1.54, 1.807) is 31.4 Å². The lowest BCUT2D eigenvalue weighted by Crippen LogP contribution is -2.50. The quantitative estimate of drug-likeness (QED) is 0.248. The minimum atomic E-state index is -0.999. The van der Waals surface area contributed by atoms with Crippen molar-refractivity contribution in [3.63, 3.8) is 0 Å². The zero-order chi connectivity index (χ0) is 33.4. The zero-order valence-electron chi connectivity index (χ0n) is 27.0. The topological polar surface area (TPSA) is 144 Å². The van der Waals surface area contributed by atoms with Gasteiger partial charge in [-0.2, -0.15) is 0 Å². The lowest BCUT2D eigenvalue weighted by Gasteiger charge is -2.22. The summed E-state index contributed by atoms with van der Waals surface area (Å²) in [6, 6.07) is 20.1. The number of hydrogen-bond donors (Lipinski definition) is 4. The van der Waals surface area contributed by atoms with Crippen molar-refractivity contribution in [1.29, 1.82) is 0 Å². The van der Waals surface area contributed by atoms with Crippen molar-refractivity contribution in [3.8, 4) is 17.2 Å². The maximum Gasteiger partial charge on any atom is 0.255 e. The van der Waals surface area contributed by atoms with Gasteiger partial charge in [0.15, 0.2) is 11.5 Å². The molecule has 11 heteroatoms. The average molecular weight is 645 g/mol. The van der Waals surface area contributed by atoms with Crippen molar-refractivity contribution in [2.45, 2.75) is 57.5 Å². The molecule has 0 unspecified atom stereocenters. The molecule has 0 saturated heterocycles. The molecule has 1 heterocycles. The molecule has 47 heavy (non-hydrogen) atoms. The van der Waals surface area contributed by atoms with Crippen LogP contribution in [0, 0.1) is 0 Å². The van der Waals surface area contributed by atoms with E-state index >= 15 is 0 Å². The normalized spacial score (nSPS) is 17.6. The van der Waals surface area contributed by atoms with Crippen LogP contribution < -0.4 is 35.5 Å². The lowest BCUT2D eigenvalue weighted by atomic mass is 10.0. The Kier molecular flexibility index (Phi) is 13.5. The fraction of sp³-hybridized carbons (Fsp3) is 0.389. The Bertz CT molecular complexity index is 1500. The minimum absolute atomic E-state index is 0.0300. The number of para-hydroxylation sites is 1. The highest BCUT2D eigenvalue weighted by Gasteiger charge is 2.26. The Morgan fingerprint density at radius 1 is 0.957 bits per heavy atom. The summed E-state index contributed by atoms with van der Waals surface area (Å²) in [6.07, 6.45) is 2.06. The first-order chi connectivity index (χ1) is 22.9. The Morgan fingerprint density at radius 2 is 1.74 bits per heavy atom. The zero-order valence-corrected chi connectivity index (χ0v) is 27.0. The molecule has 0 bridgehead atoms. The second kappa shape index (κ2) is 18.2. The Morgan fingerprint density at radius 3 is 2.53 bits per heavy atom. The first-order valence-corrected chi connectivity index (χ1v) is 16.1. The number of carbonyl (C=O) groups is 4. The Balaban J connectivity index is 1.44. The van der Waals surface area contributed by atoms with Gasteiger partial charge in [-0.1, -0.05) is 48.5 Å². The third kappa shape index (κ3) is 10.8. The number of fused-ring (bicyclic) bond motifs is 1. The predicted octanol–water partition coefficient (Wildman–Crippen LogP) is 3.35. The highest BCUT2D eigenvalue weighted by Crippen LogP contribution is 2.28. The molecule has 11 nitrogen and oxygen atoms in total. The van der Waals surface area contributed by atoms with Gasteiger partial charge in [0, 0.05) is 25.9 Å². The summed E-state index contributed by atoms with van der Waals surface area (Å²) in [4.78, 5) is 53.0. The summed E-state index contributed by atoms with van der Waals surface area (Å²) in [7, 11) is 1.59. The van der Waals surface area contributed by atoms with E-state index < -0.39 is 29.8 Å². The predicted molar refractivity (Wildman–Crippen MR) is 178 cm³/mol. The van der Waals surface area contributed by atoms with Crippen molar-refractivity contribution < 1.29 is 33.4 Å². The molecule has 0 fully saturated rings. The molecule has 4 rings (SSSR count). The number of ether oxygens (including phenoxy) is 3. The molecule has 3 aromatic carbocycles. The number of nitrogens with one attached hydrogen (secondary N) is 4. The summed E-state index contributed by atoms with van der Waals surface area (Å²) >= 11 is 0. The molecule has 2 atom stereocenters. The van der Waals surface area contributed by atoms with Gasteiger partial charge in [0.2, 0.25) is 17.7 Å². The van der Waals surface area contributed by atoms with Crippen molar-refractivity contribution >= 4 is 23.6 Å². The van der Waals surface area contributed by atoms with Crippen molar-refractivity contribution in [2.24, 2.45) is 0 Å². The number of rotatable bonds is 10. The highest BCUT2D eigenvalue weighted by atomic mass is 16.5. The number of methoxy groups -OCH3 is 1. The van der Waals surface area contributed by atoms with Crippen molar-refractivity contribution in [1.82, 2.24) is 21.3 Å². The van der Waals surface area contributed by atoms with Gasteiger partial charge >= 0.3 is 0 Å². The van der Waals surface area contributed by atoms with Crippen LogP contribution in [-0.4, -0.2) is 69.1 Å². The van der Waals surface area contributed by atoms with Crippen molar-refractivity contribution in [2.75, 3.05) is 33.4 Å². The van der Waals surface area contributed by atoms with E-state index in [1.165, 1.54) is 0 Å². The van der Waals surface area contributed by atoms with Gasteiger partial charge in [0.1, 0.15) is 17.8 Å². The monoisotopic (exact) mass is 644 g/mol. The Labute approximate surface area is 275 Å². The van der Waals surface area contributed by atoms with Gasteiger partial charge in [-0.3, -0.25) is 19.2 Å². The standard InChI is InChI=1S/C36H44N4O7/c1-3-46-31-18-16-26(24-32(31)45-2)13-9-20-37-35(43)28-17-19-33(41)39-29(23-25-11-5-4-6-12-25)36(44)38-21-10-22-47-30-15-8-7-14-27(30)34(42)40-28/h4-8,11-12,14-16,18,24,28-29H,3,9-10,13,17,19-23H2,1-2H3,(H,37,43)(H,38,44)(H,39,41)(H,40,42)/t28-,29-/m0/s1. The molecule has 0 saturated carbocycles. The molecular weight excluding hydrogens is 600 g/mol. The number of amides is 4. The third-order valence-electron chi connectivity index (χ3n) is 7.70. The van der Waals surface area contributed by atoms with Crippen LogP contribution in [0.1, 0.15) is 54.1 Å². The first kappa shape index (κ1) is 34.8. The molecule has 1 aliphatic rings. The number of hydrogen-bond acceptors (Lipinski definition) is 7. The van der Waals surface area contributed by atoms with E-state index in [4.69, 9.17) is 14.2 Å². The van der Waals surface area contributed by atoms with Crippen LogP contribution in [0.5, 0.6) is 17.2 Å². The van der Waals surface area contributed by atoms with E-state index in [2.05, 4.69) is 21.3 Å². The Hall–Kier alpha value is -5.06. The van der Waals surface area contributed by atoms with E-state index in [1.807, 2.05) is 55.5 Å². The number of benzene rings is 3. The van der Waals surface area contributed by atoms with Crippen LogP contribution in [0.4, 0.5) is 0 Å². The molecule has 4 amide bonds. The summed E-state index contributed by atoms with van der Waals surface area (Å²) in [5.74, 6) is 0.0985. The fourth-order valence-electron chi connectivity index (χ4n) is 5.24. The molecular formula is C36H44N4O7. The minimum Gasteiger partial charge on any atom is -0.493 e. The van der Waals surface area contributed by atoms with Crippen LogP contribution in [0.2, 0.25) is 0 Å². The van der Waals surface area contributed by atoms with Gasteiger partial charge in [0.25, 0.3) is 5.91 Å². The van der Waals surface area contributed by atoms with Gasteiger partial charge in [-0.15, -0.1) is 0 Å². The maximum atomic E-state index is 13.4. The molecule has 0 spiro atoms. The smallest absolute Gasteiger partial charge is 0.255 e. The SMILES string of the molecule is CCOc1ccc(CCCNC(=O)[C@@H]2CCC(=O)N[C@@H](Cc3ccccc3)C(=O)NCCCOc3ccccc3C(=O)N2)cc1OC. The molecule has 1 aliphatic heterocycles. The van der Waals surface area contributed by atoms with E-state index in [0.717, 1.165) is 11.1 Å². The summed E-state index contributed by atoms with van der Waals surface area (Å²) in [5, 5.41) is 11.4. The second-order valence-corrected chi connectivity index (χ2v) is 11.2. The fourth-order valence-corrected chi connectivity index (χ4v) is 5.24. The van der Waals surface area contributed by atoms with Crippen LogP contribution in [0.3, 0.4) is 0 Å². The van der Waals surface area contributed by atoms with Crippen LogP contribution >= 0.6 is 0 Å².